The van der Waals surface area contributed by atoms with Crippen LogP contribution >= 0.6 is 0 Å². The van der Waals surface area contributed by atoms with Gasteiger partial charge in [-0.1, -0.05) is 20.8 Å². The zero-order chi connectivity index (χ0) is 14.6. The van der Waals surface area contributed by atoms with Gasteiger partial charge in [-0.25, -0.2) is 0 Å². The second kappa shape index (κ2) is 5.73. The summed E-state index contributed by atoms with van der Waals surface area (Å²) in [5, 5.41) is 11.8. The van der Waals surface area contributed by atoms with E-state index in [9.17, 15) is 9.59 Å². The summed E-state index contributed by atoms with van der Waals surface area (Å²) in [6, 6.07) is 6.72. The van der Waals surface area contributed by atoms with Gasteiger partial charge in [-0.05, 0) is 29.7 Å². The number of carbonyl (C=O) groups excluding carboxylic acids is 1. The molecule has 1 rings (SSSR count). The molecule has 104 valence electrons. The van der Waals surface area contributed by atoms with Crippen LogP contribution in [0, 0.1) is 11.3 Å². The predicted molar refractivity (Wildman–Crippen MR) is 72.2 cm³/mol. The number of ether oxygens (including phenoxy) is 1. The van der Waals surface area contributed by atoms with Gasteiger partial charge in [0.25, 0.3) is 0 Å². The average Bonchev–Trinajstić information content (AvgIpc) is 2.27. The van der Waals surface area contributed by atoms with Gasteiger partial charge in [-0.15, -0.1) is 0 Å². The summed E-state index contributed by atoms with van der Waals surface area (Å²) in [6.45, 7) is 5.16. The van der Waals surface area contributed by atoms with E-state index in [1.165, 1.54) is 0 Å². The lowest BCUT2D eigenvalue weighted by Gasteiger charge is -2.25. The van der Waals surface area contributed by atoms with Crippen molar-refractivity contribution in [3.63, 3.8) is 0 Å². The van der Waals surface area contributed by atoms with Crippen molar-refractivity contribution < 1.29 is 19.4 Å². The Morgan fingerprint density at radius 3 is 2.11 bits per heavy atom. The maximum absolute atomic E-state index is 12.0. The minimum atomic E-state index is -1.13. The molecule has 0 radical (unpaired) electrons. The van der Waals surface area contributed by atoms with E-state index in [2.05, 4.69) is 5.32 Å². The van der Waals surface area contributed by atoms with Crippen molar-refractivity contribution in [3.05, 3.63) is 24.3 Å². The topological polar surface area (TPSA) is 75.6 Å². The molecular weight excluding hydrogens is 246 g/mol. The van der Waals surface area contributed by atoms with Crippen molar-refractivity contribution in [2.45, 2.75) is 20.8 Å². The molecule has 5 nitrogen and oxygen atoms in total. The molecule has 0 aliphatic rings. The van der Waals surface area contributed by atoms with E-state index in [4.69, 9.17) is 9.84 Å². The van der Waals surface area contributed by atoms with Crippen molar-refractivity contribution in [3.8, 4) is 5.75 Å². The summed E-state index contributed by atoms with van der Waals surface area (Å²) < 4.78 is 5.01. The van der Waals surface area contributed by atoms with Crippen molar-refractivity contribution in [2.75, 3.05) is 12.4 Å². The fourth-order valence-electron chi connectivity index (χ4n) is 1.76. The summed E-state index contributed by atoms with van der Waals surface area (Å²) in [7, 11) is 1.55. The van der Waals surface area contributed by atoms with Gasteiger partial charge in [0, 0.05) is 5.69 Å². The molecule has 0 aromatic heterocycles. The lowest BCUT2D eigenvalue weighted by molar-refractivity contribution is -0.149. The summed E-state index contributed by atoms with van der Waals surface area (Å²) in [4.78, 5) is 23.2. The Hall–Kier alpha value is -2.04. The Kier molecular flexibility index (Phi) is 4.53. The van der Waals surface area contributed by atoms with Gasteiger partial charge in [0.1, 0.15) is 11.7 Å². The highest BCUT2D eigenvalue weighted by atomic mass is 16.5. The minimum absolute atomic E-state index is 0.523. The third kappa shape index (κ3) is 3.98. The van der Waals surface area contributed by atoms with Gasteiger partial charge < -0.3 is 15.2 Å². The van der Waals surface area contributed by atoms with Crippen molar-refractivity contribution in [1.29, 1.82) is 0 Å². The number of amides is 1. The van der Waals surface area contributed by atoms with Gasteiger partial charge in [0.15, 0.2) is 0 Å². The fraction of sp³-hybridized carbons (Fsp3) is 0.429. The minimum Gasteiger partial charge on any atom is -0.497 e. The number of methoxy groups -OCH3 is 1. The van der Waals surface area contributed by atoms with E-state index >= 15 is 0 Å². The monoisotopic (exact) mass is 265 g/mol. The molecule has 0 fully saturated rings. The number of carbonyl (C=O) groups is 2. The largest absolute Gasteiger partial charge is 0.497 e. The maximum Gasteiger partial charge on any atom is 0.316 e. The molecule has 0 heterocycles. The Balaban J connectivity index is 2.84. The highest BCUT2D eigenvalue weighted by Crippen LogP contribution is 2.27. The number of rotatable bonds is 4. The molecule has 0 spiro atoms. The molecule has 1 aromatic rings. The second-order valence-electron chi connectivity index (χ2n) is 5.36. The van der Waals surface area contributed by atoms with Gasteiger partial charge in [-0.3, -0.25) is 9.59 Å². The molecule has 1 aromatic carbocycles. The average molecular weight is 265 g/mol. The molecule has 0 aliphatic heterocycles. The molecule has 5 heteroatoms. The lowest BCUT2D eigenvalue weighted by Crippen LogP contribution is -2.39. The van der Waals surface area contributed by atoms with Crippen LogP contribution in [0.2, 0.25) is 0 Å². The summed E-state index contributed by atoms with van der Waals surface area (Å²) in [5.41, 5.74) is -0.108. The summed E-state index contributed by atoms with van der Waals surface area (Å²) in [5.74, 6) is -2.08. The van der Waals surface area contributed by atoms with Crippen molar-refractivity contribution in [1.82, 2.24) is 0 Å². The molecule has 1 amide bonds. The molecule has 0 saturated heterocycles. The highest BCUT2D eigenvalue weighted by molar-refractivity contribution is 6.04. The standard InChI is InChI=1S/C14H19NO4/c1-14(2,3)11(13(17)18)12(16)15-9-5-7-10(19-4)8-6-9/h5-8,11H,1-4H3,(H,15,16)(H,17,18). The predicted octanol–water partition coefficient (Wildman–Crippen LogP) is 2.38. The van der Waals surface area contributed by atoms with Crippen LogP contribution in [0.4, 0.5) is 5.69 Å². The fourth-order valence-corrected chi connectivity index (χ4v) is 1.76. The van der Waals surface area contributed by atoms with Gasteiger partial charge in [-0.2, -0.15) is 0 Å². The molecule has 0 saturated carbocycles. The summed E-state index contributed by atoms with van der Waals surface area (Å²) >= 11 is 0. The Morgan fingerprint density at radius 2 is 1.74 bits per heavy atom. The molecule has 19 heavy (non-hydrogen) atoms. The van der Waals surface area contributed by atoms with Gasteiger partial charge in [0.2, 0.25) is 5.91 Å². The quantitative estimate of drug-likeness (QED) is 0.819. The van der Waals surface area contributed by atoms with E-state index in [-0.39, 0.29) is 0 Å². The number of benzene rings is 1. The number of nitrogens with one attached hydrogen (secondary N) is 1. The first-order valence-electron chi connectivity index (χ1n) is 5.93. The smallest absolute Gasteiger partial charge is 0.316 e. The van der Waals surface area contributed by atoms with E-state index in [1.54, 1.807) is 52.1 Å². The van der Waals surface area contributed by atoms with Crippen LogP contribution in [0.1, 0.15) is 20.8 Å². The molecule has 1 unspecified atom stereocenters. The van der Waals surface area contributed by atoms with E-state index in [0.29, 0.717) is 11.4 Å². The second-order valence-corrected chi connectivity index (χ2v) is 5.36. The van der Waals surface area contributed by atoms with E-state index < -0.39 is 23.2 Å². The number of anilines is 1. The SMILES string of the molecule is COc1ccc(NC(=O)C(C(=O)O)C(C)(C)C)cc1. The Bertz CT molecular complexity index is 459. The highest BCUT2D eigenvalue weighted by Gasteiger charge is 2.37. The van der Waals surface area contributed by atoms with Crippen LogP contribution in [0.3, 0.4) is 0 Å². The van der Waals surface area contributed by atoms with Crippen LogP contribution in [0.25, 0.3) is 0 Å². The maximum atomic E-state index is 12.0. The first kappa shape index (κ1) is 15.0. The number of hydrogen-bond acceptors (Lipinski definition) is 3. The number of hydrogen-bond donors (Lipinski definition) is 2. The van der Waals surface area contributed by atoms with E-state index in [0.717, 1.165) is 0 Å². The first-order valence-corrected chi connectivity index (χ1v) is 5.93. The number of carboxylic acid groups (broad SMARTS) is 1. The van der Waals surface area contributed by atoms with Crippen LogP contribution < -0.4 is 10.1 Å². The van der Waals surface area contributed by atoms with Crippen molar-refractivity contribution in [2.24, 2.45) is 11.3 Å². The number of aliphatic carboxylic acids is 1. The van der Waals surface area contributed by atoms with Gasteiger partial charge in [0.05, 0.1) is 7.11 Å². The van der Waals surface area contributed by atoms with Crippen LogP contribution in [0.5, 0.6) is 5.75 Å². The molecule has 1 atom stereocenters. The Morgan fingerprint density at radius 1 is 1.21 bits per heavy atom. The zero-order valence-electron chi connectivity index (χ0n) is 11.6. The van der Waals surface area contributed by atoms with Gasteiger partial charge >= 0.3 is 5.97 Å². The molecular formula is C14H19NO4. The molecule has 0 bridgehead atoms. The normalized spacial score (nSPS) is 12.6. The Labute approximate surface area is 112 Å². The van der Waals surface area contributed by atoms with Crippen LogP contribution in [0.15, 0.2) is 24.3 Å². The zero-order valence-corrected chi connectivity index (χ0v) is 11.6. The van der Waals surface area contributed by atoms with Crippen LogP contribution in [-0.4, -0.2) is 24.1 Å². The first-order chi connectivity index (χ1) is 8.75. The third-order valence-corrected chi connectivity index (χ3v) is 2.73. The molecule has 0 aliphatic carbocycles. The third-order valence-electron chi connectivity index (χ3n) is 2.73. The van der Waals surface area contributed by atoms with E-state index in [1.807, 2.05) is 0 Å². The van der Waals surface area contributed by atoms with Crippen molar-refractivity contribution >= 4 is 17.6 Å². The molecule has 2 N–H and O–H groups in total. The summed E-state index contributed by atoms with van der Waals surface area (Å²) in [6.07, 6.45) is 0. The van der Waals surface area contributed by atoms with Crippen LogP contribution in [-0.2, 0) is 9.59 Å². The lowest BCUT2D eigenvalue weighted by atomic mass is 9.80. The number of carboxylic acids is 1.